The first-order chi connectivity index (χ1) is 10.3. The molecule has 0 aromatic heterocycles. The summed E-state index contributed by atoms with van der Waals surface area (Å²) >= 11 is 3.42. The van der Waals surface area contributed by atoms with Crippen molar-refractivity contribution in [2.45, 2.75) is 18.3 Å². The van der Waals surface area contributed by atoms with Crippen LogP contribution in [0.3, 0.4) is 0 Å². The molecule has 0 fully saturated rings. The van der Waals surface area contributed by atoms with Gasteiger partial charge in [-0.05, 0) is 23.3 Å². The SMILES string of the molecule is O=C(CCOc1ccccc1)NCc1cccc(CBr)c1. The van der Waals surface area contributed by atoms with Crippen molar-refractivity contribution < 1.29 is 9.53 Å². The zero-order valence-electron chi connectivity index (χ0n) is 11.7. The third-order valence-electron chi connectivity index (χ3n) is 2.98. The van der Waals surface area contributed by atoms with Crippen LogP contribution in [0.15, 0.2) is 54.6 Å². The number of benzene rings is 2. The van der Waals surface area contributed by atoms with Crippen molar-refractivity contribution in [2.24, 2.45) is 0 Å². The first-order valence-corrected chi connectivity index (χ1v) is 7.98. The maximum atomic E-state index is 11.8. The van der Waals surface area contributed by atoms with E-state index in [1.807, 2.05) is 48.5 Å². The van der Waals surface area contributed by atoms with Gasteiger partial charge in [-0.15, -0.1) is 0 Å². The van der Waals surface area contributed by atoms with Gasteiger partial charge in [-0.1, -0.05) is 58.4 Å². The van der Waals surface area contributed by atoms with Crippen LogP contribution in [0.4, 0.5) is 0 Å². The lowest BCUT2D eigenvalue weighted by Crippen LogP contribution is -2.24. The average molecular weight is 348 g/mol. The molecule has 4 heteroatoms. The van der Waals surface area contributed by atoms with E-state index in [-0.39, 0.29) is 5.91 Å². The Morgan fingerprint density at radius 2 is 1.81 bits per heavy atom. The highest BCUT2D eigenvalue weighted by Gasteiger charge is 2.02. The molecule has 2 aromatic carbocycles. The summed E-state index contributed by atoms with van der Waals surface area (Å²) in [5.74, 6) is 0.783. The fraction of sp³-hybridized carbons (Fsp3) is 0.235. The molecule has 0 heterocycles. The van der Waals surface area contributed by atoms with Crippen molar-refractivity contribution in [3.05, 3.63) is 65.7 Å². The Kier molecular flexibility index (Phi) is 6.28. The van der Waals surface area contributed by atoms with Gasteiger partial charge in [0.2, 0.25) is 5.91 Å². The molecule has 1 amide bonds. The number of nitrogens with one attached hydrogen (secondary N) is 1. The van der Waals surface area contributed by atoms with Gasteiger partial charge < -0.3 is 10.1 Å². The van der Waals surface area contributed by atoms with Crippen LogP contribution in [0.1, 0.15) is 17.5 Å². The second-order valence-corrected chi connectivity index (χ2v) is 5.20. The number of carbonyl (C=O) groups excluding carboxylic acids is 1. The van der Waals surface area contributed by atoms with Gasteiger partial charge in [0.25, 0.3) is 0 Å². The average Bonchev–Trinajstić information content (AvgIpc) is 2.54. The number of amides is 1. The number of halogens is 1. The van der Waals surface area contributed by atoms with Gasteiger partial charge in [-0.3, -0.25) is 4.79 Å². The number of ether oxygens (including phenoxy) is 1. The summed E-state index contributed by atoms with van der Waals surface area (Å²) in [6, 6.07) is 17.6. The molecule has 110 valence electrons. The third-order valence-corrected chi connectivity index (χ3v) is 3.62. The van der Waals surface area contributed by atoms with Gasteiger partial charge in [-0.2, -0.15) is 0 Å². The van der Waals surface area contributed by atoms with Crippen molar-refractivity contribution in [3.8, 4) is 5.75 Å². The van der Waals surface area contributed by atoms with Gasteiger partial charge in [0.05, 0.1) is 13.0 Å². The van der Waals surface area contributed by atoms with Crippen LogP contribution in [0.25, 0.3) is 0 Å². The number of para-hydroxylation sites is 1. The quantitative estimate of drug-likeness (QED) is 0.776. The number of hydrogen-bond donors (Lipinski definition) is 1. The maximum absolute atomic E-state index is 11.8. The Labute approximate surface area is 133 Å². The van der Waals surface area contributed by atoms with Crippen molar-refractivity contribution in [1.29, 1.82) is 0 Å². The van der Waals surface area contributed by atoms with Crippen LogP contribution in [0.5, 0.6) is 5.75 Å². The Morgan fingerprint density at radius 1 is 1.05 bits per heavy atom. The molecular formula is C17H18BrNO2. The molecular weight excluding hydrogens is 330 g/mol. The molecule has 0 atom stereocenters. The van der Waals surface area contributed by atoms with Crippen molar-refractivity contribution >= 4 is 21.8 Å². The summed E-state index contributed by atoms with van der Waals surface area (Å²) in [4.78, 5) is 11.8. The zero-order chi connectivity index (χ0) is 14.9. The highest BCUT2D eigenvalue weighted by atomic mass is 79.9. The van der Waals surface area contributed by atoms with E-state index in [0.717, 1.165) is 16.6 Å². The number of alkyl halides is 1. The Hall–Kier alpha value is -1.81. The number of hydrogen-bond acceptors (Lipinski definition) is 2. The molecule has 0 saturated heterocycles. The minimum absolute atomic E-state index is 0.00447. The Morgan fingerprint density at radius 3 is 2.57 bits per heavy atom. The van der Waals surface area contributed by atoms with E-state index in [0.29, 0.717) is 19.6 Å². The van der Waals surface area contributed by atoms with Crippen molar-refractivity contribution in [1.82, 2.24) is 5.32 Å². The molecule has 0 aliphatic carbocycles. The highest BCUT2D eigenvalue weighted by molar-refractivity contribution is 9.08. The summed E-state index contributed by atoms with van der Waals surface area (Å²) in [6.07, 6.45) is 0.354. The molecule has 21 heavy (non-hydrogen) atoms. The molecule has 3 nitrogen and oxygen atoms in total. The predicted octanol–water partition coefficient (Wildman–Crippen LogP) is 3.67. The molecule has 2 aromatic rings. The monoisotopic (exact) mass is 347 g/mol. The van der Waals surface area contributed by atoms with E-state index >= 15 is 0 Å². The molecule has 0 aliphatic rings. The molecule has 0 bridgehead atoms. The third kappa shape index (κ3) is 5.60. The van der Waals surface area contributed by atoms with Gasteiger partial charge >= 0.3 is 0 Å². The molecule has 0 unspecified atom stereocenters. The largest absolute Gasteiger partial charge is 0.493 e. The van der Waals surface area contributed by atoms with E-state index in [1.165, 1.54) is 5.56 Å². The number of rotatable bonds is 7. The van der Waals surface area contributed by atoms with Crippen LogP contribution in [-0.2, 0) is 16.7 Å². The minimum Gasteiger partial charge on any atom is -0.493 e. The van der Waals surface area contributed by atoms with Gasteiger partial charge in [0.1, 0.15) is 5.75 Å². The summed E-state index contributed by atoms with van der Waals surface area (Å²) in [5, 5.41) is 3.72. The second-order valence-electron chi connectivity index (χ2n) is 4.64. The fourth-order valence-electron chi connectivity index (χ4n) is 1.89. The lowest BCUT2D eigenvalue weighted by atomic mass is 10.1. The smallest absolute Gasteiger partial charge is 0.223 e. The number of carbonyl (C=O) groups is 1. The normalized spacial score (nSPS) is 10.1. The molecule has 1 N–H and O–H groups in total. The van der Waals surface area contributed by atoms with E-state index in [2.05, 4.69) is 27.3 Å². The maximum Gasteiger partial charge on any atom is 0.223 e. The van der Waals surface area contributed by atoms with Crippen molar-refractivity contribution in [2.75, 3.05) is 6.61 Å². The lowest BCUT2D eigenvalue weighted by Gasteiger charge is -2.08. The first-order valence-electron chi connectivity index (χ1n) is 6.86. The summed E-state index contributed by atoms with van der Waals surface area (Å²) in [5.41, 5.74) is 2.30. The fourth-order valence-corrected chi connectivity index (χ4v) is 2.24. The van der Waals surface area contributed by atoms with Crippen LogP contribution in [-0.4, -0.2) is 12.5 Å². The van der Waals surface area contributed by atoms with E-state index in [4.69, 9.17) is 4.74 Å². The zero-order valence-corrected chi connectivity index (χ0v) is 13.3. The van der Waals surface area contributed by atoms with Crippen molar-refractivity contribution in [3.63, 3.8) is 0 Å². The first kappa shape index (κ1) is 15.6. The van der Waals surface area contributed by atoms with Gasteiger partial charge in [-0.25, -0.2) is 0 Å². The second kappa shape index (κ2) is 8.47. The predicted molar refractivity (Wildman–Crippen MR) is 87.5 cm³/mol. The minimum atomic E-state index is -0.00447. The Bertz CT molecular complexity index is 572. The van der Waals surface area contributed by atoms with Crippen LogP contribution in [0.2, 0.25) is 0 Å². The van der Waals surface area contributed by atoms with E-state index in [1.54, 1.807) is 0 Å². The molecule has 0 saturated carbocycles. The van der Waals surface area contributed by atoms with Crippen LogP contribution >= 0.6 is 15.9 Å². The van der Waals surface area contributed by atoms with Gasteiger partial charge in [0.15, 0.2) is 0 Å². The standard InChI is InChI=1S/C17H18BrNO2/c18-12-14-5-4-6-15(11-14)13-19-17(20)9-10-21-16-7-2-1-3-8-16/h1-8,11H,9-10,12-13H2,(H,19,20). The molecule has 2 rings (SSSR count). The lowest BCUT2D eigenvalue weighted by molar-refractivity contribution is -0.121. The summed E-state index contributed by atoms with van der Waals surface area (Å²) in [7, 11) is 0. The van der Waals surface area contributed by atoms with Crippen LogP contribution < -0.4 is 10.1 Å². The Balaban J connectivity index is 1.70. The van der Waals surface area contributed by atoms with E-state index < -0.39 is 0 Å². The summed E-state index contributed by atoms with van der Waals surface area (Å²) in [6.45, 7) is 0.933. The van der Waals surface area contributed by atoms with Crippen LogP contribution in [0, 0.1) is 0 Å². The van der Waals surface area contributed by atoms with E-state index in [9.17, 15) is 4.79 Å². The summed E-state index contributed by atoms with van der Waals surface area (Å²) < 4.78 is 5.50. The topological polar surface area (TPSA) is 38.3 Å². The molecule has 0 radical (unpaired) electrons. The molecule has 0 spiro atoms. The highest BCUT2D eigenvalue weighted by Crippen LogP contribution is 2.09. The molecule has 0 aliphatic heterocycles. The van der Waals surface area contributed by atoms with Gasteiger partial charge in [0, 0.05) is 11.9 Å².